The number of hydrogen-bond acceptors (Lipinski definition) is 5. The molecule has 0 spiro atoms. The van der Waals surface area contributed by atoms with Crippen molar-refractivity contribution in [1.29, 1.82) is 0 Å². The first-order chi connectivity index (χ1) is 15.7. The van der Waals surface area contributed by atoms with Crippen molar-refractivity contribution < 1.29 is 4.79 Å². The molecule has 3 aliphatic rings. The molecular weight excluding hydrogens is 400 g/mol. The number of anilines is 1. The highest BCUT2D eigenvalue weighted by Gasteiger charge is 2.37. The largest absolute Gasteiger partial charge is 0.334 e. The number of nitrogens with zero attached hydrogens (tertiary/aromatic N) is 5. The van der Waals surface area contributed by atoms with E-state index in [-0.39, 0.29) is 5.91 Å². The second kappa shape index (κ2) is 7.70. The van der Waals surface area contributed by atoms with Gasteiger partial charge in [-0.05, 0) is 61.6 Å². The maximum atomic E-state index is 12.9. The zero-order valence-corrected chi connectivity index (χ0v) is 17.6. The third-order valence-electron chi connectivity index (χ3n) is 6.10. The Balaban J connectivity index is 1.17. The fourth-order valence-corrected chi connectivity index (χ4v) is 3.94. The molecule has 3 aromatic rings. The average Bonchev–Trinajstić information content (AvgIpc) is 3.78. The van der Waals surface area contributed by atoms with Gasteiger partial charge in [0.1, 0.15) is 11.5 Å². The van der Waals surface area contributed by atoms with Crippen molar-refractivity contribution in [3.63, 3.8) is 0 Å². The van der Waals surface area contributed by atoms with Crippen LogP contribution in [0, 0.1) is 0 Å². The minimum atomic E-state index is -0.251. The summed E-state index contributed by atoms with van der Waals surface area (Å²) in [4.78, 5) is 28.4. The fourth-order valence-electron chi connectivity index (χ4n) is 3.94. The average molecular weight is 424 g/mol. The summed E-state index contributed by atoms with van der Waals surface area (Å²) < 4.78 is 4.57. The number of carbonyl (C=O) groups excluding carboxylic acids is 1. The smallest absolute Gasteiger partial charge is 0.321 e. The molecule has 1 N–H and O–H groups in total. The molecular formula is C25H23N6O+. The number of hydrogen-bond donors (Lipinski definition) is 1. The van der Waals surface area contributed by atoms with Crippen molar-refractivity contribution in [3.05, 3.63) is 72.1 Å². The lowest BCUT2D eigenvalue weighted by Crippen LogP contribution is -2.26. The maximum absolute atomic E-state index is 12.9. The van der Waals surface area contributed by atoms with Crippen LogP contribution in [0.25, 0.3) is 11.1 Å². The lowest BCUT2D eigenvalue weighted by Gasteiger charge is -2.08. The van der Waals surface area contributed by atoms with Crippen LogP contribution in [-0.2, 0) is 0 Å². The van der Waals surface area contributed by atoms with Crippen LogP contribution in [0.5, 0.6) is 0 Å². The molecule has 2 saturated carbocycles. The normalized spacial score (nSPS) is 17.4. The summed E-state index contributed by atoms with van der Waals surface area (Å²) in [6, 6.07) is 12.1. The van der Waals surface area contributed by atoms with Crippen LogP contribution in [0.3, 0.4) is 0 Å². The first-order valence-corrected chi connectivity index (χ1v) is 11.1. The van der Waals surface area contributed by atoms with E-state index in [1.165, 1.54) is 25.7 Å². The Hall–Kier alpha value is -3.83. The molecule has 0 unspecified atom stereocenters. The van der Waals surface area contributed by atoms with E-state index in [0.717, 1.165) is 40.5 Å². The number of amides is 1. The molecule has 2 fully saturated rings. The third kappa shape index (κ3) is 3.90. The number of rotatable bonds is 6. The SMILES string of the molecule is O=C(Nc1cccc(C2=[N+]=CN(C3CC3)C2)c1)c1cc(-c2cnc(C3CC3)nc2)ccn1. The standard InChI is InChI=1S/C25H22N6O/c32-25(22-11-17(8-9-26-22)19-12-27-24(28-13-19)16-4-5-16)30-20-3-1-2-18(10-20)23-14-31(15-29-23)21-6-7-21/h1-3,8-13,15-16,21H,4-7,14H2/p+1. The molecule has 6 rings (SSSR count). The molecule has 1 aliphatic heterocycles. The van der Waals surface area contributed by atoms with Crippen LogP contribution in [-0.4, -0.2) is 50.4 Å². The number of pyridine rings is 1. The quantitative estimate of drug-likeness (QED) is 0.616. The van der Waals surface area contributed by atoms with E-state index in [1.807, 2.05) is 49.1 Å². The molecule has 1 amide bonds. The number of aromatic nitrogens is 3. The topological polar surface area (TPSA) is 85.1 Å². The Morgan fingerprint density at radius 1 is 0.969 bits per heavy atom. The second-order valence-corrected chi connectivity index (χ2v) is 8.66. The monoisotopic (exact) mass is 423 g/mol. The third-order valence-corrected chi connectivity index (χ3v) is 6.10. The van der Waals surface area contributed by atoms with Crippen molar-refractivity contribution in [2.24, 2.45) is 0 Å². The van der Waals surface area contributed by atoms with Crippen molar-refractivity contribution in [2.45, 2.75) is 37.6 Å². The Morgan fingerprint density at radius 3 is 2.59 bits per heavy atom. The first-order valence-electron chi connectivity index (χ1n) is 11.1. The minimum Gasteiger partial charge on any atom is -0.321 e. The van der Waals surface area contributed by atoms with Gasteiger partial charge in [-0.1, -0.05) is 6.07 Å². The molecule has 32 heavy (non-hydrogen) atoms. The second-order valence-electron chi connectivity index (χ2n) is 8.66. The molecule has 3 heterocycles. The summed E-state index contributed by atoms with van der Waals surface area (Å²) in [6.45, 7) is 0.827. The summed E-state index contributed by atoms with van der Waals surface area (Å²) in [5.74, 6) is 1.17. The van der Waals surface area contributed by atoms with Gasteiger partial charge in [0.15, 0.2) is 6.54 Å². The summed E-state index contributed by atoms with van der Waals surface area (Å²) in [5, 5.41) is 2.97. The molecule has 2 aromatic heterocycles. The fraction of sp³-hybridized carbons (Fsp3) is 0.280. The Labute approximate surface area is 186 Å². The van der Waals surface area contributed by atoms with Crippen molar-refractivity contribution in [2.75, 3.05) is 11.9 Å². The predicted molar refractivity (Wildman–Crippen MR) is 124 cm³/mol. The molecule has 0 bridgehead atoms. The molecule has 7 nitrogen and oxygen atoms in total. The van der Waals surface area contributed by atoms with Gasteiger partial charge in [0, 0.05) is 41.3 Å². The van der Waals surface area contributed by atoms with E-state index in [2.05, 4.69) is 29.8 Å². The van der Waals surface area contributed by atoms with Crippen molar-refractivity contribution in [3.8, 4) is 11.1 Å². The van der Waals surface area contributed by atoms with Gasteiger partial charge < -0.3 is 5.32 Å². The number of carbonyl (C=O) groups is 1. The van der Waals surface area contributed by atoms with Crippen LogP contribution in [0.15, 0.2) is 55.0 Å². The zero-order chi connectivity index (χ0) is 21.5. The van der Waals surface area contributed by atoms with Gasteiger partial charge in [-0.3, -0.25) is 9.78 Å². The van der Waals surface area contributed by atoms with E-state index in [1.54, 1.807) is 12.3 Å². The van der Waals surface area contributed by atoms with Crippen LogP contribution in [0.1, 0.15) is 53.5 Å². The number of nitrogens with one attached hydrogen (secondary N) is 1. The highest BCUT2D eigenvalue weighted by molar-refractivity contribution is 6.07. The predicted octanol–water partition coefficient (Wildman–Crippen LogP) is 3.03. The van der Waals surface area contributed by atoms with Gasteiger partial charge in [-0.25, -0.2) is 19.5 Å². The molecule has 2 aliphatic carbocycles. The van der Waals surface area contributed by atoms with Crippen LogP contribution < -0.4 is 9.98 Å². The Bertz CT molecular complexity index is 1250. The Kier molecular flexibility index (Phi) is 4.55. The van der Waals surface area contributed by atoms with Gasteiger partial charge in [0.25, 0.3) is 11.6 Å². The van der Waals surface area contributed by atoms with Crippen LogP contribution >= 0.6 is 0 Å². The summed E-state index contributed by atoms with van der Waals surface area (Å²) in [5.41, 5.74) is 4.88. The lowest BCUT2D eigenvalue weighted by molar-refractivity contribution is 0.102. The molecule has 7 heteroatoms. The van der Waals surface area contributed by atoms with Gasteiger partial charge in [-0.2, -0.15) is 0 Å². The molecule has 0 saturated heterocycles. The summed E-state index contributed by atoms with van der Waals surface area (Å²) in [6.07, 6.45) is 12.1. The van der Waals surface area contributed by atoms with E-state index < -0.39 is 0 Å². The van der Waals surface area contributed by atoms with Gasteiger partial charge in [-0.15, -0.1) is 0 Å². The van der Waals surface area contributed by atoms with Crippen LogP contribution in [0.2, 0.25) is 0 Å². The van der Waals surface area contributed by atoms with Crippen molar-refractivity contribution >= 4 is 23.6 Å². The van der Waals surface area contributed by atoms with E-state index in [0.29, 0.717) is 17.7 Å². The highest BCUT2D eigenvalue weighted by Crippen LogP contribution is 2.38. The lowest BCUT2D eigenvalue weighted by atomic mass is 10.1. The highest BCUT2D eigenvalue weighted by atomic mass is 16.1. The van der Waals surface area contributed by atoms with Gasteiger partial charge >= 0.3 is 6.34 Å². The maximum Gasteiger partial charge on any atom is 0.334 e. The molecule has 0 atom stereocenters. The summed E-state index contributed by atoms with van der Waals surface area (Å²) >= 11 is 0. The Morgan fingerprint density at radius 2 is 1.81 bits per heavy atom. The van der Waals surface area contributed by atoms with E-state index in [9.17, 15) is 4.79 Å². The molecule has 0 radical (unpaired) electrons. The minimum absolute atomic E-state index is 0.251. The molecule has 158 valence electrons. The van der Waals surface area contributed by atoms with Crippen molar-refractivity contribution in [1.82, 2.24) is 24.5 Å². The summed E-state index contributed by atoms with van der Waals surface area (Å²) in [7, 11) is 0. The zero-order valence-electron chi connectivity index (χ0n) is 17.6. The van der Waals surface area contributed by atoms with E-state index >= 15 is 0 Å². The van der Waals surface area contributed by atoms with Crippen LogP contribution in [0.4, 0.5) is 5.69 Å². The number of benzene rings is 1. The van der Waals surface area contributed by atoms with Gasteiger partial charge in [0.05, 0.1) is 6.04 Å². The van der Waals surface area contributed by atoms with E-state index in [4.69, 9.17) is 0 Å². The van der Waals surface area contributed by atoms with Gasteiger partial charge in [0.2, 0.25) is 0 Å². The molecule has 1 aromatic carbocycles. The first kappa shape index (κ1) is 18.9.